The summed E-state index contributed by atoms with van der Waals surface area (Å²) in [6.45, 7) is 1.77. The van der Waals surface area contributed by atoms with Gasteiger partial charge < -0.3 is 4.90 Å². The van der Waals surface area contributed by atoms with E-state index in [1.165, 1.54) is 23.4 Å². The number of carbonyl (C=O) groups excluding carboxylic acids is 1. The van der Waals surface area contributed by atoms with E-state index in [1.807, 2.05) is 4.90 Å². The molecule has 3 rings (SSSR count). The first-order chi connectivity index (χ1) is 8.33. The van der Waals surface area contributed by atoms with Crippen molar-refractivity contribution in [3.63, 3.8) is 0 Å². The first-order valence-corrected chi connectivity index (χ1v) is 7.19. The Morgan fingerprint density at radius 3 is 2.76 bits per heavy atom. The molecule has 92 valence electrons. The van der Waals surface area contributed by atoms with Gasteiger partial charge in [-0.3, -0.25) is 5.32 Å². The largest absolute Gasteiger partial charge is 0.324 e. The van der Waals surface area contributed by atoms with E-state index in [2.05, 4.69) is 10.3 Å². The molecule has 2 amide bonds. The summed E-state index contributed by atoms with van der Waals surface area (Å²) in [5.41, 5.74) is 1.20. The molecular formula is C12H17N3OS. The third-order valence-electron chi connectivity index (χ3n) is 3.45. The predicted octanol–water partition coefficient (Wildman–Crippen LogP) is 2.65. The highest BCUT2D eigenvalue weighted by Gasteiger charge is 2.20. The molecule has 17 heavy (non-hydrogen) atoms. The number of amides is 2. The summed E-state index contributed by atoms with van der Waals surface area (Å²) in [6.07, 6.45) is 6.92. The second-order valence-electron chi connectivity index (χ2n) is 4.72. The summed E-state index contributed by atoms with van der Waals surface area (Å²) < 4.78 is 0. The van der Waals surface area contributed by atoms with E-state index in [1.54, 1.807) is 11.3 Å². The van der Waals surface area contributed by atoms with E-state index in [9.17, 15) is 4.79 Å². The molecule has 4 nitrogen and oxygen atoms in total. The van der Waals surface area contributed by atoms with E-state index in [4.69, 9.17) is 0 Å². The number of piperidine rings is 1. The van der Waals surface area contributed by atoms with Gasteiger partial charge in [0.25, 0.3) is 0 Å². The van der Waals surface area contributed by atoms with Crippen molar-refractivity contribution in [2.24, 2.45) is 0 Å². The average Bonchev–Trinajstić information content (AvgIpc) is 2.90. The monoisotopic (exact) mass is 251 g/mol. The van der Waals surface area contributed by atoms with Crippen molar-refractivity contribution in [3.8, 4) is 0 Å². The molecule has 0 aromatic carbocycles. The SMILES string of the molecule is O=C(Nc1nc2c(s1)CCC2)N1CCCCC1. The Morgan fingerprint density at radius 2 is 2.00 bits per heavy atom. The highest BCUT2D eigenvalue weighted by Crippen LogP contribution is 2.30. The number of urea groups is 1. The number of aryl methyl sites for hydroxylation is 2. The fraction of sp³-hybridized carbons (Fsp3) is 0.667. The first kappa shape index (κ1) is 11.0. The summed E-state index contributed by atoms with van der Waals surface area (Å²) in [5.74, 6) is 0. The minimum absolute atomic E-state index is 0.0251. The topological polar surface area (TPSA) is 45.2 Å². The van der Waals surface area contributed by atoms with Crippen LogP contribution in [-0.4, -0.2) is 29.0 Å². The molecule has 0 atom stereocenters. The van der Waals surface area contributed by atoms with Crippen LogP contribution in [0.25, 0.3) is 0 Å². The van der Waals surface area contributed by atoms with Crippen LogP contribution in [0.4, 0.5) is 9.93 Å². The molecule has 1 aromatic heterocycles. The van der Waals surface area contributed by atoms with Crippen LogP contribution in [-0.2, 0) is 12.8 Å². The zero-order chi connectivity index (χ0) is 11.7. The number of nitrogens with one attached hydrogen (secondary N) is 1. The van der Waals surface area contributed by atoms with Gasteiger partial charge in [-0.15, -0.1) is 11.3 Å². The second-order valence-corrected chi connectivity index (χ2v) is 5.80. The zero-order valence-electron chi connectivity index (χ0n) is 9.87. The van der Waals surface area contributed by atoms with Gasteiger partial charge in [0, 0.05) is 18.0 Å². The number of anilines is 1. The molecule has 1 fully saturated rings. The van der Waals surface area contributed by atoms with Gasteiger partial charge in [-0.2, -0.15) is 0 Å². The summed E-state index contributed by atoms with van der Waals surface area (Å²) in [5, 5.41) is 3.72. The number of fused-ring (bicyclic) bond motifs is 1. The molecule has 2 heterocycles. The van der Waals surface area contributed by atoms with E-state index in [0.717, 1.165) is 43.9 Å². The van der Waals surface area contributed by atoms with E-state index in [0.29, 0.717) is 0 Å². The van der Waals surface area contributed by atoms with Crippen LogP contribution in [0.5, 0.6) is 0 Å². The van der Waals surface area contributed by atoms with Gasteiger partial charge in [0.15, 0.2) is 5.13 Å². The van der Waals surface area contributed by atoms with E-state index >= 15 is 0 Å². The highest BCUT2D eigenvalue weighted by atomic mass is 32.1. The Balaban J connectivity index is 1.63. The summed E-state index contributed by atoms with van der Waals surface area (Å²) in [4.78, 5) is 19.7. The number of thiazole rings is 1. The molecule has 0 spiro atoms. The minimum Gasteiger partial charge on any atom is -0.324 e. The van der Waals surface area contributed by atoms with Crippen LogP contribution >= 0.6 is 11.3 Å². The molecule has 0 saturated carbocycles. The smallest absolute Gasteiger partial charge is 0.323 e. The Bertz CT molecular complexity index is 402. The number of hydrogen-bond donors (Lipinski definition) is 1. The lowest BCUT2D eigenvalue weighted by atomic mass is 10.1. The van der Waals surface area contributed by atoms with Crippen molar-refractivity contribution in [1.82, 2.24) is 9.88 Å². The van der Waals surface area contributed by atoms with Gasteiger partial charge >= 0.3 is 6.03 Å². The fourth-order valence-corrected chi connectivity index (χ4v) is 3.55. The lowest BCUT2D eigenvalue weighted by Gasteiger charge is -2.26. The van der Waals surface area contributed by atoms with Crippen molar-refractivity contribution < 1.29 is 4.79 Å². The molecule has 0 unspecified atom stereocenters. The molecule has 1 saturated heterocycles. The number of nitrogens with zero attached hydrogens (tertiary/aromatic N) is 2. The molecule has 1 aromatic rings. The Labute approximate surface area is 105 Å². The zero-order valence-corrected chi connectivity index (χ0v) is 10.7. The minimum atomic E-state index is 0.0251. The summed E-state index contributed by atoms with van der Waals surface area (Å²) in [7, 11) is 0. The second kappa shape index (κ2) is 4.64. The maximum Gasteiger partial charge on any atom is 0.323 e. The third-order valence-corrected chi connectivity index (χ3v) is 4.53. The van der Waals surface area contributed by atoms with Crippen LogP contribution in [0.3, 0.4) is 0 Å². The van der Waals surface area contributed by atoms with Gasteiger partial charge in [-0.1, -0.05) is 0 Å². The number of carbonyl (C=O) groups is 1. The van der Waals surface area contributed by atoms with E-state index < -0.39 is 0 Å². The fourth-order valence-electron chi connectivity index (χ4n) is 2.51. The van der Waals surface area contributed by atoms with Gasteiger partial charge in [-0.05, 0) is 38.5 Å². The Morgan fingerprint density at radius 1 is 1.18 bits per heavy atom. The van der Waals surface area contributed by atoms with Crippen molar-refractivity contribution in [2.45, 2.75) is 38.5 Å². The quantitative estimate of drug-likeness (QED) is 0.834. The molecule has 1 N–H and O–H groups in total. The molecule has 1 aliphatic heterocycles. The molecule has 0 bridgehead atoms. The number of hydrogen-bond acceptors (Lipinski definition) is 3. The Kier molecular flexibility index (Phi) is 3.01. The molecular weight excluding hydrogens is 234 g/mol. The maximum atomic E-state index is 12.0. The molecule has 2 aliphatic rings. The molecule has 0 radical (unpaired) electrons. The lowest BCUT2D eigenvalue weighted by Crippen LogP contribution is -2.38. The third kappa shape index (κ3) is 2.29. The molecule has 1 aliphatic carbocycles. The van der Waals surface area contributed by atoms with Crippen molar-refractivity contribution in [3.05, 3.63) is 10.6 Å². The van der Waals surface area contributed by atoms with Crippen LogP contribution in [0.15, 0.2) is 0 Å². The predicted molar refractivity (Wildman–Crippen MR) is 68.6 cm³/mol. The van der Waals surface area contributed by atoms with Gasteiger partial charge in [0.1, 0.15) is 0 Å². The van der Waals surface area contributed by atoms with Gasteiger partial charge in [0.2, 0.25) is 0 Å². The van der Waals surface area contributed by atoms with Crippen molar-refractivity contribution >= 4 is 22.5 Å². The van der Waals surface area contributed by atoms with Crippen LogP contribution in [0, 0.1) is 0 Å². The normalized spacial score (nSPS) is 19.2. The highest BCUT2D eigenvalue weighted by molar-refractivity contribution is 7.15. The Hall–Kier alpha value is -1.10. The summed E-state index contributed by atoms with van der Waals surface area (Å²) in [6, 6.07) is 0.0251. The number of likely N-dealkylation sites (tertiary alicyclic amines) is 1. The van der Waals surface area contributed by atoms with E-state index in [-0.39, 0.29) is 6.03 Å². The van der Waals surface area contributed by atoms with Gasteiger partial charge in [0.05, 0.1) is 5.69 Å². The molecule has 5 heteroatoms. The lowest BCUT2D eigenvalue weighted by molar-refractivity contribution is 0.200. The number of aromatic nitrogens is 1. The summed E-state index contributed by atoms with van der Waals surface area (Å²) >= 11 is 1.64. The number of rotatable bonds is 1. The standard InChI is InChI=1S/C12H17N3OS/c16-12(15-7-2-1-3-8-15)14-11-13-9-5-4-6-10(9)17-11/h1-8H2,(H,13,14,16). The van der Waals surface area contributed by atoms with Gasteiger partial charge in [-0.25, -0.2) is 9.78 Å². The first-order valence-electron chi connectivity index (χ1n) is 6.37. The average molecular weight is 251 g/mol. The van der Waals surface area contributed by atoms with Crippen molar-refractivity contribution in [2.75, 3.05) is 18.4 Å². The maximum absolute atomic E-state index is 12.0. The van der Waals surface area contributed by atoms with Crippen molar-refractivity contribution in [1.29, 1.82) is 0 Å². The van der Waals surface area contributed by atoms with Crippen LogP contribution in [0.1, 0.15) is 36.3 Å². The van der Waals surface area contributed by atoms with Crippen LogP contribution < -0.4 is 5.32 Å². The van der Waals surface area contributed by atoms with Crippen LogP contribution in [0.2, 0.25) is 0 Å².